The first-order valence-corrected chi connectivity index (χ1v) is 10.4. The van der Waals surface area contributed by atoms with Crippen molar-refractivity contribution in [1.29, 1.82) is 0 Å². The van der Waals surface area contributed by atoms with Crippen molar-refractivity contribution in [3.63, 3.8) is 0 Å². The molecule has 1 saturated carbocycles. The highest BCUT2D eigenvalue weighted by atomic mass is 16.5. The summed E-state index contributed by atoms with van der Waals surface area (Å²) < 4.78 is 8.05. The summed E-state index contributed by atoms with van der Waals surface area (Å²) in [7, 11) is 0. The topological polar surface area (TPSA) is 111 Å². The maximum Gasteiger partial charge on any atom is 0.349 e. The third kappa shape index (κ3) is 3.37. The molecule has 2 aliphatic rings. The molecule has 3 aromatic rings. The van der Waals surface area contributed by atoms with E-state index in [1.54, 1.807) is 0 Å². The van der Waals surface area contributed by atoms with Crippen LogP contribution in [0.2, 0.25) is 0 Å². The van der Waals surface area contributed by atoms with E-state index in [1.165, 1.54) is 32.1 Å². The summed E-state index contributed by atoms with van der Waals surface area (Å²) in [5.41, 5.74) is 8.49. The van der Waals surface area contributed by atoms with Gasteiger partial charge in [-0.3, -0.25) is 4.98 Å². The standard InChI is InChI=1S/C21H26N6O2/c22-18-16-17(23-9-10-29-20(16)26-21(28)25-18)15-11-14-7-4-8-24-19(14)27(15)12-13-5-2-1-3-6-13/h4,7-8,11,13,17,23H,1-3,5-6,9-10,12H2,(H3,22,25,26,28). The molecule has 3 aromatic heterocycles. The number of hydrogen-bond donors (Lipinski definition) is 3. The normalized spacial score (nSPS) is 20.2. The lowest BCUT2D eigenvalue weighted by atomic mass is 9.89. The molecule has 29 heavy (non-hydrogen) atoms. The fourth-order valence-electron chi connectivity index (χ4n) is 4.74. The van der Waals surface area contributed by atoms with Gasteiger partial charge in [0.25, 0.3) is 0 Å². The Morgan fingerprint density at radius 3 is 3.00 bits per heavy atom. The molecule has 8 heteroatoms. The molecule has 1 atom stereocenters. The van der Waals surface area contributed by atoms with E-state index >= 15 is 0 Å². The predicted molar refractivity (Wildman–Crippen MR) is 111 cm³/mol. The van der Waals surface area contributed by atoms with E-state index in [4.69, 9.17) is 10.5 Å². The lowest BCUT2D eigenvalue weighted by molar-refractivity contribution is 0.310. The third-order valence-electron chi connectivity index (χ3n) is 6.09. The first-order valence-electron chi connectivity index (χ1n) is 10.4. The van der Waals surface area contributed by atoms with Gasteiger partial charge in [0.05, 0.1) is 11.6 Å². The van der Waals surface area contributed by atoms with Crippen LogP contribution >= 0.6 is 0 Å². The van der Waals surface area contributed by atoms with Gasteiger partial charge in [-0.15, -0.1) is 0 Å². The lowest BCUT2D eigenvalue weighted by Gasteiger charge is -2.26. The van der Waals surface area contributed by atoms with E-state index in [2.05, 4.69) is 37.0 Å². The molecule has 8 nitrogen and oxygen atoms in total. The first-order chi connectivity index (χ1) is 14.2. The second-order valence-electron chi connectivity index (χ2n) is 8.01. The minimum Gasteiger partial charge on any atom is -0.476 e. The molecule has 5 rings (SSSR count). The number of ether oxygens (including phenoxy) is 1. The van der Waals surface area contributed by atoms with Crippen molar-refractivity contribution in [3.05, 3.63) is 46.1 Å². The van der Waals surface area contributed by atoms with E-state index in [-0.39, 0.29) is 6.04 Å². The minimum atomic E-state index is -0.494. The number of hydrogen-bond acceptors (Lipinski definition) is 6. The number of anilines is 1. The van der Waals surface area contributed by atoms with Crippen LogP contribution in [-0.2, 0) is 6.54 Å². The number of rotatable bonds is 3. The summed E-state index contributed by atoms with van der Waals surface area (Å²) >= 11 is 0. The van der Waals surface area contributed by atoms with E-state index in [0.29, 0.717) is 36.3 Å². The molecule has 1 aliphatic heterocycles. The number of nitrogens with one attached hydrogen (secondary N) is 2. The molecule has 1 aliphatic carbocycles. The summed E-state index contributed by atoms with van der Waals surface area (Å²) in [6.07, 6.45) is 8.26. The van der Waals surface area contributed by atoms with Crippen LogP contribution < -0.4 is 21.5 Å². The average Bonchev–Trinajstić information content (AvgIpc) is 2.93. The summed E-state index contributed by atoms with van der Waals surface area (Å²) in [6, 6.07) is 5.99. The van der Waals surface area contributed by atoms with Crippen molar-refractivity contribution in [2.45, 2.75) is 44.7 Å². The zero-order valence-corrected chi connectivity index (χ0v) is 16.4. The van der Waals surface area contributed by atoms with Crippen molar-refractivity contribution >= 4 is 16.9 Å². The zero-order chi connectivity index (χ0) is 19.8. The van der Waals surface area contributed by atoms with Crippen LogP contribution in [0.5, 0.6) is 5.88 Å². The quantitative estimate of drug-likeness (QED) is 0.629. The number of aromatic nitrogens is 4. The first kappa shape index (κ1) is 18.2. The maximum absolute atomic E-state index is 11.8. The van der Waals surface area contributed by atoms with Crippen LogP contribution in [0, 0.1) is 5.92 Å². The Hall–Kier alpha value is -2.87. The molecule has 0 saturated heterocycles. The maximum atomic E-state index is 11.8. The van der Waals surface area contributed by atoms with E-state index in [9.17, 15) is 4.79 Å². The largest absolute Gasteiger partial charge is 0.476 e. The Bertz CT molecular complexity index is 1080. The molecule has 1 unspecified atom stereocenters. The summed E-state index contributed by atoms with van der Waals surface area (Å²) in [5, 5.41) is 4.64. The fraction of sp³-hybridized carbons (Fsp3) is 0.476. The highest BCUT2D eigenvalue weighted by Crippen LogP contribution is 2.36. The molecular formula is C21H26N6O2. The number of H-pyrrole nitrogens is 1. The van der Waals surface area contributed by atoms with E-state index < -0.39 is 5.69 Å². The highest BCUT2D eigenvalue weighted by molar-refractivity contribution is 5.78. The van der Waals surface area contributed by atoms with Crippen LogP contribution in [0.4, 0.5) is 5.82 Å². The fourth-order valence-corrected chi connectivity index (χ4v) is 4.74. The lowest BCUT2D eigenvalue weighted by Crippen LogP contribution is -2.28. The van der Waals surface area contributed by atoms with Gasteiger partial charge in [-0.1, -0.05) is 19.3 Å². The number of nitrogens with two attached hydrogens (primary N) is 1. The predicted octanol–water partition coefficient (Wildman–Crippen LogP) is 2.35. The van der Waals surface area contributed by atoms with Gasteiger partial charge in [0.1, 0.15) is 18.1 Å². The van der Waals surface area contributed by atoms with Crippen LogP contribution in [0.1, 0.15) is 49.4 Å². The van der Waals surface area contributed by atoms with Crippen molar-refractivity contribution in [2.24, 2.45) is 5.92 Å². The number of pyridine rings is 1. The number of aromatic amines is 1. The van der Waals surface area contributed by atoms with Crippen LogP contribution in [-0.4, -0.2) is 32.7 Å². The smallest absolute Gasteiger partial charge is 0.349 e. The van der Waals surface area contributed by atoms with Gasteiger partial charge in [0.15, 0.2) is 0 Å². The highest BCUT2D eigenvalue weighted by Gasteiger charge is 2.30. The molecule has 0 bridgehead atoms. The minimum absolute atomic E-state index is 0.227. The summed E-state index contributed by atoms with van der Waals surface area (Å²) in [4.78, 5) is 23.2. The van der Waals surface area contributed by atoms with Crippen LogP contribution in [0.25, 0.3) is 11.0 Å². The summed E-state index contributed by atoms with van der Waals surface area (Å²) in [6.45, 7) is 1.99. The van der Waals surface area contributed by atoms with Crippen LogP contribution in [0.3, 0.4) is 0 Å². The molecule has 4 heterocycles. The SMILES string of the molecule is Nc1[nH]c(=O)nc2c1C(c1cc3cccnc3n1CC1CCCCC1)NCCO2. The van der Waals surface area contributed by atoms with Gasteiger partial charge in [-0.2, -0.15) is 4.98 Å². The Morgan fingerprint density at radius 2 is 2.14 bits per heavy atom. The Morgan fingerprint density at radius 1 is 1.28 bits per heavy atom. The number of nitrogen functional groups attached to an aromatic ring is 1. The monoisotopic (exact) mass is 394 g/mol. The Balaban J connectivity index is 1.65. The van der Waals surface area contributed by atoms with Gasteiger partial charge in [-0.25, -0.2) is 9.78 Å². The Labute approximate surface area is 168 Å². The van der Waals surface area contributed by atoms with Crippen molar-refractivity contribution in [3.8, 4) is 5.88 Å². The second-order valence-corrected chi connectivity index (χ2v) is 8.01. The van der Waals surface area contributed by atoms with Gasteiger partial charge in [0.2, 0.25) is 5.88 Å². The molecule has 1 fully saturated rings. The van der Waals surface area contributed by atoms with Gasteiger partial charge in [0, 0.05) is 30.4 Å². The Kier molecular flexibility index (Phi) is 4.71. The van der Waals surface area contributed by atoms with Gasteiger partial charge in [-0.05, 0) is 37.0 Å². The molecule has 0 radical (unpaired) electrons. The van der Waals surface area contributed by atoms with E-state index in [1.807, 2.05) is 12.3 Å². The molecule has 4 N–H and O–H groups in total. The van der Waals surface area contributed by atoms with Crippen molar-refractivity contribution < 1.29 is 4.74 Å². The molecule has 0 spiro atoms. The molecule has 152 valence electrons. The molecule has 0 aromatic carbocycles. The zero-order valence-electron chi connectivity index (χ0n) is 16.4. The summed E-state index contributed by atoms with van der Waals surface area (Å²) in [5.74, 6) is 1.25. The number of fused-ring (bicyclic) bond motifs is 2. The number of nitrogens with zero attached hydrogens (tertiary/aromatic N) is 3. The van der Waals surface area contributed by atoms with Crippen molar-refractivity contribution in [2.75, 3.05) is 18.9 Å². The van der Waals surface area contributed by atoms with Gasteiger partial charge >= 0.3 is 5.69 Å². The van der Waals surface area contributed by atoms with E-state index in [0.717, 1.165) is 23.3 Å². The third-order valence-corrected chi connectivity index (χ3v) is 6.09. The average molecular weight is 394 g/mol. The molecule has 0 amide bonds. The second kappa shape index (κ2) is 7.51. The van der Waals surface area contributed by atoms with Crippen molar-refractivity contribution in [1.82, 2.24) is 24.8 Å². The molecular weight excluding hydrogens is 368 g/mol. The van der Waals surface area contributed by atoms with Crippen LogP contribution in [0.15, 0.2) is 29.2 Å². The van der Waals surface area contributed by atoms with Gasteiger partial charge < -0.3 is 20.4 Å².